The zero-order valence-corrected chi connectivity index (χ0v) is 15.7. The van der Waals surface area contributed by atoms with Crippen LogP contribution in [-0.2, 0) is 6.54 Å². The number of likely N-dealkylation sites (tertiary alicyclic amines) is 1. The zero-order valence-electron chi connectivity index (χ0n) is 15.7. The van der Waals surface area contributed by atoms with Crippen molar-refractivity contribution in [3.63, 3.8) is 0 Å². The van der Waals surface area contributed by atoms with Gasteiger partial charge in [0.2, 0.25) is 0 Å². The van der Waals surface area contributed by atoms with E-state index in [2.05, 4.69) is 51.6 Å². The van der Waals surface area contributed by atoms with Gasteiger partial charge >= 0.3 is 0 Å². The number of piperidine rings is 1. The molecule has 5 heteroatoms. The van der Waals surface area contributed by atoms with E-state index in [1.54, 1.807) is 0 Å². The highest BCUT2D eigenvalue weighted by Crippen LogP contribution is 2.19. The van der Waals surface area contributed by atoms with E-state index in [1.165, 1.54) is 11.1 Å². The summed E-state index contributed by atoms with van der Waals surface area (Å²) < 4.78 is 0. The van der Waals surface area contributed by atoms with Gasteiger partial charge in [0.25, 0.3) is 5.91 Å². The van der Waals surface area contributed by atoms with Crippen molar-refractivity contribution in [2.24, 2.45) is 5.92 Å². The first-order valence-corrected chi connectivity index (χ1v) is 9.68. The highest BCUT2D eigenvalue weighted by molar-refractivity contribution is 6.04. The molecule has 5 nitrogen and oxygen atoms in total. The minimum absolute atomic E-state index is 0.0884. The molecule has 0 atom stereocenters. The van der Waals surface area contributed by atoms with Gasteiger partial charge in [0, 0.05) is 18.5 Å². The van der Waals surface area contributed by atoms with Crippen LogP contribution in [0, 0.1) is 12.8 Å². The van der Waals surface area contributed by atoms with Crippen LogP contribution < -0.4 is 5.32 Å². The Labute approximate surface area is 159 Å². The third-order valence-corrected chi connectivity index (χ3v) is 5.47. The van der Waals surface area contributed by atoms with E-state index >= 15 is 0 Å². The molecule has 1 amide bonds. The fraction of sp³-hybridized carbons (Fsp3) is 0.364. The van der Waals surface area contributed by atoms with E-state index in [-0.39, 0.29) is 5.91 Å². The van der Waals surface area contributed by atoms with Gasteiger partial charge in [-0.15, -0.1) is 0 Å². The van der Waals surface area contributed by atoms with E-state index in [1.807, 2.05) is 24.3 Å². The first-order chi connectivity index (χ1) is 13.2. The van der Waals surface area contributed by atoms with E-state index in [4.69, 9.17) is 0 Å². The predicted octanol–water partition coefficient (Wildman–Crippen LogP) is 3.51. The number of aromatic amines is 1. The number of aryl methyl sites for hydroxylation is 1. The Morgan fingerprint density at radius 1 is 1.15 bits per heavy atom. The molecule has 27 heavy (non-hydrogen) atoms. The summed E-state index contributed by atoms with van der Waals surface area (Å²) in [5.41, 5.74) is 4.06. The van der Waals surface area contributed by atoms with Gasteiger partial charge in [0.1, 0.15) is 0 Å². The monoisotopic (exact) mass is 362 g/mol. The Hall–Kier alpha value is -2.66. The van der Waals surface area contributed by atoms with Crippen molar-refractivity contribution in [3.8, 4) is 0 Å². The first-order valence-electron chi connectivity index (χ1n) is 9.68. The fourth-order valence-electron chi connectivity index (χ4n) is 3.76. The fourth-order valence-corrected chi connectivity index (χ4v) is 3.76. The van der Waals surface area contributed by atoms with Gasteiger partial charge in [0.05, 0.1) is 5.52 Å². The molecule has 2 heterocycles. The summed E-state index contributed by atoms with van der Waals surface area (Å²) in [7, 11) is 0. The van der Waals surface area contributed by atoms with E-state index in [0.29, 0.717) is 11.6 Å². The molecule has 2 N–H and O–H groups in total. The van der Waals surface area contributed by atoms with Crippen LogP contribution in [0.25, 0.3) is 10.9 Å². The number of nitrogens with zero attached hydrogens (tertiary/aromatic N) is 2. The minimum Gasteiger partial charge on any atom is -0.350 e. The number of nitrogens with one attached hydrogen (secondary N) is 2. The van der Waals surface area contributed by atoms with Crippen LogP contribution in [0.15, 0.2) is 48.5 Å². The molecule has 2 aromatic carbocycles. The van der Waals surface area contributed by atoms with Crippen LogP contribution in [0.5, 0.6) is 0 Å². The van der Waals surface area contributed by atoms with Crippen molar-refractivity contribution in [1.82, 2.24) is 20.4 Å². The number of para-hydroxylation sites is 1. The summed E-state index contributed by atoms with van der Waals surface area (Å²) in [4.78, 5) is 15.0. The normalized spacial score (nSPS) is 15.9. The summed E-state index contributed by atoms with van der Waals surface area (Å²) in [6.07, 6.45) is 2.24. The van der Waals surface area contributed by atoms with Crippen molar-refractivity contribution in [2.75, 3.05) is 19.6 Å². The van der Waals surface area contributed by atoms with Crippen LogP contribution in [0.2, 0.25) is 0 Å². The van der Waals surface area contributed by atoms with Crippen LogP contribution in [-0.4, -0.2) is 40.6 Å². The van der Waals surface area contributed by atoms with Crippen LogP contribution >= 0.6 is 0 Å². The van der Waals surface area contributed by atoms with Gasteiger partial charge in [-0.2, -0.15) is 5.10 Å². The number of hydrogen-bond acceptors (Lipinski definition) is 3. The van der Waals surface area contributed by atoms with Crippen molar-refractivity contribution < 1.29 is 4.79 Å². The Morgan fingerprint density at radius 2 is 1.89 bits per heavy atom. The second-order valence-electron chi connectivity index (χ2n) is 7.53. The summed E-state index contributed by atoms with van der Waals surface area (Å²) >= 11 is 0. The van der Waals surface area contributed by atoms with Crippen LogP contribution in [0.3, 0.4) is 0 Å². The topological polar surface area (TPSA) is 61.0 Å². The molecular formula is C22H26N4O. The standard InChI is InChI=1S/C22H26N4O/c1-16-6-8-18(9-7-16)15-26-12-10-17(11-13-26)14-23-22(27)21-19-4-2-3-5-20(19)24-25-21/h2-9,17H,10-15H2,1H3,(H,23,27)(H,24,25). The van der Waals surface area contributed by atoms with Crippen molar-refractivity contribution in [2.45, 2.75) is 26.3 Å². The number of carbonyl (C=O) groups is 1. The lowest BCUT2D eigenvalue weighted by molar-refractivity contribution is 0.0932. The lowest BCUT2D eigenvalue weighted by Crippen LogP contribution is -2.38. The average Bonchev–Trinajstić information content (AvgIpc) is 3.13. The van der Waals surface area contributed by atoms with Gasteiger partial charge in [-0.1, -0.05) is 48.0 Å². The molecule has 1 aromatic heterocycles. The minimum atomic E-state index is -0.0884. The smallest absolute Gasteiger partial charge is 0.272 e. The van der Waals surface area contributed by atoms with Crippen molar-refractivity contribution >= 4 is 16.8 Å². The summed E-state index contributed by atoms with van der Waals surface area (Å²) in [6.45, 7) is 6.02. The van der Waals surface area contributed by atoms with Crippen molar-refractivity contribution in [3.05, 3.63) is 65.4 Å². The largest absolute Gasteiger partial charge is 0.350 e. The number of hydrogen-bond donors (Lipinski definition) is 2. The predicted molar refractivity (Wildman–Crippen MR) is 108 cm³/mol. The second kappa shape index (κ2) is 7.92. The lowest BCUT2D eigenvalue weighted by atomic mass is 9.96. The Bertz CT molecular complexity index is 907. The molecular weight excluding hydrogens is 336 g/mol. The SMILES string of the molecule is Cc1ccc(CN2CCC(CNC(=O)c3n[nH]c4ccccc34)CC2)cc1. The maximum absolute atomic E-state index is 12.5. The number of aromatic nitrogens is 2. The van der Waals surface area contributed by atoms with Gasteiger partial charge in [-0.25, -0.2) is 0 Å². The molecule has 1 fully saturated rings. The zero-order chi connectivity index (χ0) is 18.6. The summed E-state index contributed by atoms with van der Waals surface area (Å²) in [5, 5.41) is 11.1. The van der Waals surface area contributed by atoms with E-state index in [0.717, 1.165) is 49.9 Å². The Kier molecular flexibility index (Phi) is 5.21. The van der Waals surface area contributed by atoms with Crippen LogP contribution in [0.1, 0.15) is 34.5 Å². The first kappa shape index (κ1) is 17.7. The van der Waals surface area contributed by atoms with Gasteiger partial charge < -0.3 is 5.32 Å². The molecule has 140 valence electrons. The van der Waals surface area contributed by atoms with Crippen molar-refractivity contribution in [1.29, 1.82) is 0 Å². The van der Waals surface area contributed by atoms with Crippen LogP contribution in [0.4, 0.5) is 0 Å². The van der Waals surface area contributed by atoms with Gasteiger partial charge in [-0.05, 0) is 50.4 Å². The molecule has 0 aliphatic carbocycles. The van der Waals surface area contributed by atoms with Gasteiger partial charge in [0.15, 0.2) is 5.69 Å². The second-order valence-corrected chi connectivity index (χ2v) is 7.53. The molecule has 0 saturated carbocycles. The number of benzene rings is 2. The third kappa shape index (κ3) is 4.19. The molecule has 1 saturated heterocycles. The Balaban J connectivity index is 1.26. The molecule has 4 rings (SSSR count). The van der Waals surface area contributed by atoms with E-state index in [9.17, 15) is 4.79 Å². The molecule has 0 radical (unpaired) electrons. The number of rotatable bonds is 5. The molecule has 1 aliphatic rings. The molecule has 1 aliphatic heterocycles. The number of fused-ring (bicyclic) bond motifs is 1. The summed E-state index contributed by atoms with van der Waals surface area (Å²) in [6, 6.07) is 16.5. The number of H-pyrrole nitrogens is 1. The maximum Gasteiger partial charge on any atom is 0.272 e. The molecule has 0 bridgehead atoms. The van der Waals surface area contributed by atoms with E-state index < -0.39 is 0 Å². The molecule has 3 aromatic rings. The highest BCUT2D eigenvalue weighted by Gasteiger charge is 2.21. The van der Waals surface area contributed by atoms with Gasteiger partial charge in [-0.3, -0.25) is 14.8 Å². The third-order valence-electron chi connectivity index (χ3n) is 5.47. The Morgan fingerprint density at radius 3 is 2.67 bits per heavy atom. The number of carbonyl (C=O) groups excluding carboxylic acids is 1. The number of amides is 1. The quantitative estimate of drug-likeness (QED) is 0.730. The molecule has 0 spiro atoms. The highest BCUT2D eigenvalue weighted by atomic mass is 16.1. The maximum atomic E-state index is 12.5. The lowest BCUT2D eigenvalue weighted by Gasteiger charge is -2.32. The average molecular weight is 362 g/mol. The molecule has 0 unspecified atom stereocenters. The summed E-state index contributed by atoms with van der Waals surface area (Å²) in [5.74, 6) is 0.447.